The zero-order valence-corrected chi connectivity index (χ0v) is 10.4. The third kappa shape index (κ3) is 6.60. The highest BCUT2D eigenvalue weighted by Crippen LogP contribution is 2.36. The van der Waals surface area contributed by atoms with Crippen LogP contribution >= 0.6 is 11.8 Å². The lowest BCUT2D eigenvalue weighted by Gasteiger charge is -2.31. The Morgan fingerprint density at radius 1 is 1.12 bits per heavy atom. The van der Waals surface area contributed by atoms with Crippen molar-refractivity contribution in [3.8, 4) is 0 Å². The average Bonchev–Trinajstić information content (AvgIpc) is 2.13. The lowest BCUT2D eigenvalue weighted by molar-refractivity contribution is -0.0333. The van der Waals surface area contributed by atoms with E-state index < -0.39 is 10.9 Å². The van der Waals surface area contributed by atoms with Gasteiger partial charge in [-0.15, -0.1) is 0 Å². The summed E-state index contributed by atoms with van der Waals surface area (Å²) in [7, 11) is 0. The Morgan fingerprint density at radius 3 is 1.94 bits per heavy atom. The zero-order valence-electron chi connectivity index (χ0n) is 9.55. The Morgan fingerprint density at radius 2 is 1.62 bits per heavy atom. The first-order valence-electron chi connectivity index (χ1n) is 5.17. The molecule has 0 aliphatic rings. The van der Waals surface area contributed by atoms with E-state index in [4.69, 9.17) is 0 Å². The van der Waals surface area contributed by atoms with Crippen LogP contribution in [0.1, 0.15) is 26.7 Å². The van der Waals surface area contributed by atoms with Gasteiger partial charge >= 0.3 is 5.51 Å². The number of alkyl halides is 3. The second kappa shape index (κ2) is 6.71. The van der Waals surface area contributed by atoms with Crippen molar-refractivity contribution in [2.45, 2.75) is 32.2 Å². The summed E-state index contributed by atoms with van der Waals surface area (Å²) < 4.78 is 35.8. The number of hydrogen-bond acceptors (Lipinski definition) is 3. The molecule has 0 aliphatic carbocycles. The minimum Gasteiger partial charge on any atom is -0.396 e. The standard InChI is InChI=1S/C10H19F3O2S/c1-8(2)5-9(6-14,7-15)3-4-16-10(11,12)13/h8,14-15H,3-7H2,1-2H3. The van der Waals surface area contributed by atoms with Crippen LogP contribution in [0.4, 0.5) is 13.2 Å². The predicted octanol–water partition coefficient (Wildman–Crippen LogP) is 2.65. The van der Waals surface area contributed by atoms with Crippen molar-refractivity contribution < 1.29 is 23.4 Å². The topological polar surface area (TPSA) is 40.5 Å². The van der Waals surface area contributed by atoms with E-state index in [1.807, 2.05) is 13.8 Å². The highest BCUT2D eigenvalue weighted by atomic mass is 32.2. The molecule has 6 heteroatoms. The Hall–Kier alpha value is 0.0600. The number of aliphatic hydroxyl groups is 2. The molecule has 0 spiro atoms. The molecule has 0 aliphatic heterocycles. The molecule has 16 heavy (non-hydrogen) atoms. The molecule has 0 bridgehead atoms. The van der Waals surface area contributed by atoms with E-state index in [0.29, 0.717) is 6.42 Å². The quantitative estimate of drug-likeness (QED) is 0.739. The van der Waals surface area contributed by atoms with Gasteiger partial charge in [0.05, 0.1) is 13.2 Å². The van der Waals surface area contributed by atoms with E-state index in [-0.39, 0.29) is 43.1 Å². The van der Waals surface area contributed by atoms with Crippen LogP contribution in [0, 0.1) is 11.3 Å². The summed E-state index contributed by atoms with van der Waals surface area (Å²) in [6.07, 6.45) is 0.695. The fourth-order valence-electron chi connectivity index (χ4n) is 1.69. The fourth-order valence-corrected chi connectivity index (χ4v) is 2.46. The smallest absolute Gasteiger partial charge is 0.396 e. The van der Waals surface area contributed by atoms with Gasteiger partial charge in [0.15, 0.2) is 0 Å². The molecule has 0 atom stereocenters. The summed E-state index contributed by atoms with van der Waals surface area (Å²) >= 11 is -0.104. The second-order valence-corrected chi connectivity index (χ2v) is 5.62. The molecule has 0 heterocycles. The molecule has 0 aromatic rings. The Kier molecular flexibility index (Phi) is 6.74. The van der Waals surface area contributed by atoms with E-state index in [1.54, 1.807) is 0 Å². The molecule has 0 aromatic carbocycles. The van der Waals surface area contributed by atoms with Crippen LogP contribution < -0.4 is 0 Å². The van der Waals surface area contributed by atoms with Gasteiger partial charge in [0, 0.05) is 11.2 Å². The molecule has 0 fully saturated rings. The second-order valence-electron chi connectivity index (χ2n) is 4.46. The number of rotatable bonds is 7. The molecule has 0 saturated carbocycles. The van der Waals surface area contributed by atoms with Gasteiger partial charge < -0.3 is 10.2 Å². The van der Waals surface area contributed by atoms with E-state index >= 15 is 0 Å². The average molecular weight is 260 g/mol. The molecule has 98 valence electrons. The van der Waals surface area contributed by atoms with Crippen LogP contribution in [0.3, 0.4) is 0 Å². The van der Waals surface area contributed by atoms with E-state index in [2.05, 4.69) is 0 Å². The van der Waals surface area contributed by atoms with Crippen molar-refractivity contribution in [1.29, 1.82) is 0 Å². The van der Waals surface area contributed by atoms with Gasteiger partial charge in [-0.1, -0.05) is 25.6 Å². The van der Waals surface area contributed by atoms with Gasteiger partial charge in [-0.2, -0.15) is 13.2 Å². The van der Waals surface area contributed by atoms with Gasteiger partial charge in [-0.3, -0.25) is 0 Å². The van der Waals surface area contributed by atoms with E-state index in [1.165, 1.54) is 0 Å². The number of hydrogen-bond donors (Lipinski definition) is 2. The van der Waals surface area contributed by atoms with Gasteiger partial charge in [0.2, 0.25) is 0 Å². The summed E-state index contributed by atoms with van der Waals surface area (Å²) in [4.78, 5) is 0. The number of aliphatic hydroxyl groups excluding tert-OH is 2. The number of halogens is 3. The molecule has 0 unspecified atom stereocenters. The van der Waals surface area contributed by atoms with Crippen LogP contribution in [0.2, 0.25) is 0 Å². The van der Waals surface area contributed by atoms with Crippen molar-refractivity contribution in [3.05, 3.63) is 0 Å². The van der Waals surface area contributed by atoms with E-state index in [0.717, 1.165) is 0 Å². The van der Waals surface area contributed by atoms with Gasteiger partial charge in [-0.05, 0) is 18.8 Å². The minimum atomic E-state index is -4.24. The lowest BCUT2D eigenvalue weighted by Crippen LogP contribution is -2.32. The molecule has 2 nitrogen and oxygen atoms in total. The summed E-state index contributed by atoms with van der Waals surface area (Å²) in [6, 6.07) is 0. The monoisotopic (exact) mass is 260 g/mol. The van der Waals surface area contributed by atoms with Gasteiger partial charge in [0.25, 0.3) is 0 Å². The van der Waals surface area contributed by atoms with Crippen molar-refractivity contribution in [2.75, 3.05) is 19.0 Å². The SMILES string of the molecule is CC(C)CC(CO)(CO)CCSC(F)(F)F. The third-order valence-corrected chi connectivity index (χ3v) is 3.15. The van der Waals surface area contributed by atoms with Crippen LogP contribution in [0.5, 0.6) is 0 Å². The van der Waals surface area contributed by atoms with Gasteiger partial charge in [0.1, 0.15) is 0 Å². The molecular formula is C10H19F3O2S. The fraction of sp³-hybridized carbons (Fsp3) is 1.00. The molecule has 0 aromatic heterocycles. The van der Waals surface area contributed by atoms with Crippen molar-refractivity contribution >= 4 is 11.8 Å². The highest BCUT2D eigenvalue weighted by molar-refractivity contribution is 8.00. The molecule has 0 radical (unpaired) electrons. The predicted molar refractivity (Wildman–Crippen MR) is 59.2 cm³/mol. The summed E-state index contributed by atoms with van der Waals surface area (Å²) in [5, 5.41) is 18.4. The molecular weight excluding hydrogens is 241 g/mol. The molecule has 0 rings (SSSR count). The molecule has 2 N–H and O–H groups in total. The van der Waals surface area contributed by atoms with Crippen LogP contribution in [-0.4, -0.2) is 34.7 Å². The third-order valence-electron chi connectivity index (χ3n) is 2.41. The van der Waals surface area contributed by atoms with Gasteiger partial charge in [-0.25, -0.2) is 0 Å². The van der Waals surface area contributed by atoms with Crippen molar-refractivity contribution in [3.63, 3.8) is 0 Å². The van der Waals surface area contributed by atoms with Crippen LogP contribution in [-0.2, 0) is 0 Å². The van der Waals surface area contributed by atoms with Crippen LogP contribution in [0.15, 0.2) is 0 Å². The summed E-state index contributed by atoms with van der Waals surface area (Å²) in [6.45, 7) is 3.27. The number of thioether (sulfide) groups is 1. The normalized spacial score (nSPS) is 13.5. The lowest BCUT2D eigenvalue weighted by atomic mass is 9.79. The summed E-state index contributed by atoms with van der Waals surface area (Å²) in [5.41, 5.74) is -5.03. The Bertz CT molecular complexity index is 191. The summed E-state index contributed by atoms with van der Waals surface area (Å²) in [5.74, 6) is 0.104. The molecule has 0 amide bonds. The van der Waals surface area contributed by atoms with E-state index in [9.17, 15) is 23.4 Å². The first kappa shape index (κ1) is 16.1. The maximum Gasteiger partial charge on any atom is 0.441 e. The largest absolute Gasteiger partial charge is 0.441 e. The maximum absolute atomic E-state index is 11.9. The first-order chi connectivity index (χ1) is 7.24. The Balaban J connectivity index is 4.22. The molecule has 0 saturated heterocycles. The van der Waals surface area contributed by atoms with Crippen molar-refractivity contribution in [2.24, 2.45) is 11.3 Å². The first-order valence-corrected chi connectivity index (χ1v) is 6.15. The zero-order chi connectivity index (χ0) is 12.8. The Labute approximate surface area is 98.2 Å². The van der Waals surface area contributed by atoms with Crippen molar-refractivity contribution in [1.82, 2.24) is 0 Å². The minimum absolute atomic E-state index is 0.104. The van der Waals surface area contributed by atoms with Crippen LogP contribution in [0.25, 0.3) is 0 Å². The highest BCUT2D eigenvalue weighted by Gasteiger charge is 2.33. The maximum atomic E-state index is 11.9.